The SMILES string of the molecule is CC(OC(=O)c1ccccc1SCC(N)=O)C(=O)Nc1ccccc1[N+](=O)[O-]. The van der Waals surface area contributed by atoms with E-state index in [-0.39, 0.29) is 22.7 Å². The van der Waals surface area contributed by atoms with Gasteiger partial charge in [0, 0.05) is 11.0 Å². The number of rotatable bonds is 8. The van der Waals surface area contributed by atoms with Gasteiger partial charge in [-0.25, -0.2) is 4.79 Å². The van der Waals surface area contributed by atoms with Crippen molar-refractivity contribution in [2.24, 2.45) is 5.73 Å². The second-order valence-corrected chi connectivity index (χ2v) is 6.58. The van der Waals surface area contributed by atoms with Crippen molar-refractivity contribution in [2.75, 3.05) is 11.1 Å². The number of hydrogen-bond donors (Lipinski definition) is 2. The number of ether oxygens (including phenoxy) is 1. The van der Waals surface area contributed by atoms with Gasteiger partial charge in [0.25, 0.3) is 11.6 Å². The van der Waals surface area contributed by atoms with Crippen LogP contribution in [0.5, 0.6) is 0 Å². The van der Waals surface area contributed by atoms with E-state index < -0.39 is 28.8 Å². The molecule has 0 spiro atoms. The van der Waals surface area contributed by atoms with Crippen LogP contribution < -0.4 is 11.1 Å². The molecule has 146 valence electrons. The molecule has 2 amide bonds. The largest absolute Gasteiger partial charge is 0.449 e. The van der Waals surface area contributed by atoms with Gasteiger partial charge in [0.05, 0.1) is 16.2 Å². The number of amides is 2. The highest BCUT2D eigenvalue weighted by atomic mass is 32.2. The third kappa shape index (κ3) is 5.55. The van der Waals surface area contributed by atoms with Crippen LogP contribution in [0.4, 0.5) is 11.4 Å². The van der Waals surface area contributed by atoms with Gasteiger partial charge < -0.3 is 15.8 Å². The van der Waals surface area contributed by atoms with Gasteiger partial charge >= 0.3 is 5.97 Å². The highest BCUT2D eigenvalue weighted by Gasteiger charge is 2.23. The zero-order valence-corrected chi connectivity index (χ0v) is 15.6. The minimum atomic E-state index is -1.21. The molecule has 0 aliphatic heterocycles. The molecule has 0 radical (unpaired) electrons. The normalized spacial score (nSPS) is 11.3. The highest BCUT2D eigenvalue weighted by molar-refractivity contribution is 8.00. The van der Waals surface area contributed by atoms with Crippen LogP contribution in [-0.2, 0) is 14.3 Å². The van der Waals surface area contributed by atoms with Crippen molar-refractivity contribution in [3.8, 4) is 0 Å². The Bertz CT molecular complexity index is 918. The number of nitrogens with two attached hydrogens (primary N) is 1. The number of nitrogens with one attached hydrogen (secondary N) is 1. The van der Waals surface area contributed by atoms with Crippen LogP contribution in [-0.4, -0.2) is 34.6 Å². The van der Waals surface area contributed by atoms with E-state index in [9.17, 15) is 24.5 Å². The Labute approximate surface area is 164 Å². The molecule has 0 heterocycles. The van der Waals surface area contributed by atoms with Gasteiger partial charge in [0.2, 0.25) is 5.91 Å². The maximum absolute atomic E-state index is 12.4. The minimum Gasteiger partial charge on any atom is -0.449 e. The lowest BCUT2D eigenvalue weighted by molar-refractivity contribution is -0.383. The summed E-state index contributed by atoms with van der Waals surface area (Å²) in [4.78, 5) is 46.5. The molecule has 0 fully saturated rings. The van der Waals surface area contributed by atoms with E-state index in [1.54, 1.807) is 18.2 Å². The molecule has 0 aliphatic carbocycles. The molecule has 10 heteroatoms. The van der Waals surface area contributed by atoms with Crippen molar-refractivity contribution in [2.45, 2.75) is 17.9 Å². The number of benzene rings is 2. The van der Waals surface area contributed by atoms with Gasteiger partial charge in [-0.3, -0.25) is 19.7 Å². The van der Waals surface area contributed by atoms with Crippen LogP contribution in [0.1, 0.15) is 17.3 Å². The van der Waals surface area contributed by atoms with Crippen LogP contribution in [0.3, 0.4) is 0 Å². The number of carbonyl (C=O) groups excluding carboxylic acids is 3. The number of nitro benzene ring substituents is 1. The van der Waals surface area contributed by atoms with Crippen molar-refractivity contribution < 1.29 is 24.0 Å². The Balaban J connectivity index is 2.08. The summed E-state index contributed by atoms with van der Waals surface area (Å²) < 4.78 is 5.17. The fourth-order valence-corrected chi connectivity index (χ4v) is 2.94. The predicted octanol–water partition coefficient (Wildman–Crippen LogP) is 2.36. The lowest BCUT2D eigenvalue weighted by Gasteiger charge is -2.15. The third-order valence-electron chi connectivity index (χ3n) is 3.49. The lowest BCUT2D eigenvalue weighted by atomic mass is 10.2. The van der Waals surface area contributed by atoms with Crippen LogP contribution >= 0.6 is 11.8 Å². The Morgan fingerprint density at radius 1 is 1.18 bits per heavy atom. The van der Waals surface area contributed by atoms with Crippen LogP contribution in [0.25, 0.3) is 0 Å². The fraction of sp³-hybridized carbons (Fsp3) is 0.167. The molecule has 2 rings (SSSR count). The maximum atomic E-state index is 12.4. The number of para-hydroxylation sites is 2. The first-order valence-electron chi connectivity index (χ1n) is 8.05. The summed E-state index contributed by atoms with van der Waals surface area (Å²) in [6, 6.07) is 12.1. The number of esters is 1. The number of hydrogen-bond acceptors (Lipinski definition) is 7. The van der Waals surface area contributed by atoms with Crippen molar-refractivity contribution >= 4 is 40.9 Å². The summed E-state index contributed by atoms with van der Waals surface area (Å²) in [7, 11) is 0. The van der Waals surface area contributed by atoms with Crippen molar-refractivity contribution in [3.05, 3.63) is 64.2 Å². The molecule has 2 aromatic rings. The van der Waals surface area contributed by atoms with Gasteiger partial charge in [-0.15, -0.1) is 11.8 Å². The Kier molecular flexibility index (Phi) is 7.10. The Morgan fingerprint density at radius 3 is 2.50 bits per heavy atom. The molecule has 2 aromatic carbocycles. The first-order chi connectivity index (χ1) is 13.3. The van der Waals surface area contributed by atoms with Gasteiger partial charge in [-0.05, 0) is 25.1 Å². The zero-order valence-electron chi connectivity index (χ0n) is 14.8. The van der Waals surface area contributed by atoms with E-state index in [1.165, 1.54) is 37.3 Å². The molecule has 0 aliphatic rings. The highest BCUT2D eigenvalue weighted by Crippen LogP contribution is 2.25. The van der Waals surface area contributed by atoms with E-state index in [0.717, 1.165) is 11.8 Å². The summed E-state index contributed by atoms with van der Waals surface area (Å²) >= 11 is 1.08. The van der Waals surface area contributed by atoms with E-state index in [0.29, 0.717) is 4.90 Å². The molecule has 9 nitrogen and oxygen atoms in total. The van der Waals surface area contributed by atoms with Crippen LogP contribution in [0.15, 0.2) is 53.4 Å². The molecule has 0 saturated heterocycles. The predicted molar refractivity (Wildman–Crippen MR) is 103 cm³/mol. The summed E-state index contributed by atoms with van der Waals surface area (Å²) in [5.41, 5.74) is 5.02. The fourth-order valence-electron chi connectivity index (χ4n) is 2.16. The number of primary amides is 1. The van der Waals surface area contributed by atoms with E-state index >= 15 is 0 Å². The molecule has 28 heavy (non-hydrogen) atoms. The molecule has 3 N–H and O–H groups in total. The van der Waals surface area contributed by atoms with E-state index in [1.807, 2.05) is 0 Å². The third-order valence-corrected chi connectivity index (χ3v) is 4.58. The smallest absolute Gasteiger partial charge is 0.340 e. The van der Waals surface area contributed by atoms with Crippen molar-refractivity contribution in [1.82, 2.24) is 0 Å². The number of anilines is 1. The quantitative estimate of drug-likeness (QED) is 0.298. The molecular weight excluding hydrogens is 386 g/mol. The van der Waals surface area contributed by atoms with Gasteiger partial charge in [-0.2, -0.15) is 0 Å². The molecule has 0 aromatic heterocycles. The molecular formula is C18H17N3O6S. The van der Waals surface area contributed by atoms with Crippen molar-refractivity contribution in [3.63, 3.8) is 0 Å². The van der Waals surface area contributed by atoms with Crippen LogP contribution in [0, 0.1) is 10.1 Å². The number of thioether (sulfide) groups is 1. The first kappa shape index (κ1) is 20.9. The summed E-state index contributed by atoms with van der Waals surface area (Å²) in [5, 5.41) is 13.4. The monoisotopic (exact) mass is 403 g/mol. The topological polar surface area (TPSA) is 142 Å². The number of nitrogens with zero attached hydrogens (tertiary/aromatic N) is 1. The van der Waals surface area contributed by atoms with Gasteiger partial charge in [0.15, 0.2) is 6.10 Å². The lowest BCUT2D eigenvalue weighted by Crippen LogP contribution is -2.30. The van der Waals surface area contributed by atoms with E-state index in [4.69, 9.17) is 10.5 Å². The Morgan fingerprint density at radius 2 is 1.82 bits per heavy atom. The first-order valence-corrected chi connectivity index (χ1v) is 9.03. The van der Waals surface area contributed by atoms with Gasteiger partial charge in [0.1, 0.15) is 5.69 Å². The van der Waals surface area contributed by atoms with Crippen LogP contribution in [0.2, 0.25) is 0 Å². The molecule has 1 atom stereocenters. The minimum absolute atomic E-state index is 0.00203. The summed E-state index contributed by atoms with van der Waals surface area (Å²) in [6.45, 7) is 1.35. The number of carbonyl (C=O) groups is 3. The summed E-state index contributed by atoms with van der Waals surface area (Å²) in [5.74, 6) is -2.04. The second kappa shape index (κ2) is 9.51. The second-order valence-electron chi connectivity index (χ2n) is 5.56. The average molecular weight is 403 g/mol. The molecule has 0 bridgehead atoms. The summed E-state index contributed by atoms with van der Waals surface area (Å²) in [6.07, 6.45) is -1.21. The average Bonchev–Trinajstić information content (AvgIpc) is 2.66. The van der Waals surface area contributed by atoms with Gasteiger partial charge in [-0.1, -0.05) is 24.3 Å². The standard InChI is InChI=1S/C18H17N3O6S/c1-11(17(23)20-13-7-3-4-8-14(13)21(25)26)27-18(24)12-6-2-5-9-15(12)28-10-16(19)22/h2-9,11H,10H2,1H3,(H2,19,22)(H,20,23). The van der Waals surface area contributed by atoms with E-state index in [2.05, 4.69) is 5.32 Å². The number of nitro groups is 1. The molecule has 0 saturated carbocycles. The zero-order chi connectivity index (χ0) is 20.7. The molecule has 1 unspecified atom stereocenters. The maximum Gasteiger partial charge on any atom is 0.340 e. The Hall–Kier alpha value is -3.40. The van der Waals surface area contributed by atoms with Crippen molar-refractivity contribution in [1.29, 1.82) is 0 Å².